The molecule has 1 aromatic carbocycles. The molecule has 0 aliphatic carbocycles. The highest BCUT2D eigenvalue weighted by molar-refractivity contribution is 5.43. The summed E-state index contributed by atoms with van der Waals surface area (Å²) in [6.07, 6.45) is 1.18. The van der Waals surface area contributed by atoms with Gasteiger partial charge in [0.15, 0.2) is 0 Å². The van der Waals surface area contributed by atoms with Gasteiger partial charge in [-0.25, -0.2) is 0 Å². The van der Waals surface area contributed by atoms with Crippen LogP contribution in [0, 0.1) is 0 Å². The number of hydrogen-bond donors (Lipinski definition) is 1. The molecule has 0 radical (unpaired) electrons. The molecule has 0 bridgehead atoms. The second-order valence-electron chi connectivity index (χ2n) is 3.80. The van der Waals surface area contributed by atoms with Gasteiger partial charge in [0.2, 0.25) is 0 Å². The van der Waals surface area contributed by atoms with Gasteiger partial charge in [-0.2, -0.15) is 0 Å². The van der Waals surface area contributed by atoms with Gasteiger partial charge in [0, 0.05) is 18.2 Å². The molecule has 1 fully saturated rings. The van der Waals surface area contributed by atoms with E-state index in [1.807, 2.05) is 24.3 Å². The van der Waals surface area contributed by atoms with Crippen molar-refractivity contribution >= 4 is 5.69 Å². The predicted molar refractivity (Wildman–Crippen MR) is 61.5 cm³/mol. The lowest BCUT2D eigenvalue weighted by molar-refractivity contribution is -0.130. The molecule has 0 atom stereocenters. The van der Waals surface area contributed by atoms with Crippen molar-refractivity contribution in [1.82, 2.24) is 0 Å². The van der Waals surface area contributed by atoms with Crippen LogP contribution in [0.4, 0.5) is 5.69 Å². The first-order chi connectivity index (χ1) is 7.84. The average Bonchev–Trinajstić information content (AvgIpc) is 2.20. The Balaban J connectivity index is 1.56. The van der Waals surface area contributed by atoms with Crippen LogP contribution in [0.3, 0.4) is 0 Å². The molecule has 0 amide bonds. The van der Waals surface area contributed by atoms with Gasteiger partial charge in [0.05, 0.1) is 26.4 Å². The van der Waals surface area contributed by atoms with E-state index in [0.717, 1.165) is 37.7 Å². The number of anilines is 1. The van der Waals surface area contributed by atoms with Crippen LogP contribution in [0.5, 0.6) is 5.75 Å². The normalized spacial score (nSPS) is 15.8. The largest absolute Gasteiger partial charge is 0.493 e. The summed E-state index contributed by atoms with van der Waals surface area (Å²) in [6, 6.07) is 7.44. The summed E-state index contributed by atoms with van der Waals surface area (Å²) in [5.74, 6) is 0.812. The number of nitrogen functional groups attached to an aromatic ring is 1. The summed E-state index contributed by atoms with van der Waals surface area (Å²) in [5, 5.41) is 0. The van der Waals surface area contributed by atoms with Gasteiger partial charge < -0.3 is 19.9 Å². The third-order valence-corrected chi connectivity index (χ3v) is 2.38. The number of nitrogens with two attached hydrogens (primary N) is 1. The maximum atomic E-state index is 5.64. The molecule has 1 aliphatic heterocycles. The van der Waals surface area contributed by atoms with Crippen LogP contribution in [-0.4, -0.2) is 32.5 Å². The second kappa shape index (κ2) is 5.72. The van der Waals surface area contributed by atoms with Crippen molar-refractivity contribution < 1.29 is 14.2 Å². The van der Waals surface area contributed by atoms with Crippen molar-refractivity contribution in [2.75, 3.05) is 32.2 Å². The molecular formula is C12H17NO3. The fraction of sp³-hybridized carbons (Fsp3) is 0.500. The maximum Gasteiger partial charge on any atom is 0.121 e. The average molecular weight is 223 g/mol. The molecule has 4 nitrogen and oxygen atoms in total. The Morgan fingerprint density at radius 3 is 2.88 bits per heavy atom. The number of rotatable bonds is 6. The third kappa shape index (κ3) is 3.40. The highest BCUT2D eigenvalue weighted by atomic mass is 16.6. The smallest absolute Gasteiger partial charge is 0.121 e. The van der Waals surface area contributed by atoms with E-state index in [0.29, 0.717) is 12.7 Å². The third-order valence-electron chi connectivity index (χ3n) is 2.38. The molecular weight excluding hydrogens is 206 g/mol. The highest BCUT2D eigenvalue weighted by Gasteiger charge is 2.17. The summed E-state index contributed by atoms with van der Waals surface area (Å²) in [7, 11) is 0. The van der Waals surface area contributed by atoms with Crippen LogP contribution in [0.1, 0.15) is 6.42 Å². The molecule has 2 N–H and O–H groups in total. The van der Waals surface area contributed by atoms with E-state index in [9.17, 15) is 0 Å². The topological polar surface area (TPSA) is 53.7 Å². The minimum Gasteiger partial charge on any atom is -0.493 e. The standard InChI is InChI=1S/C12H17NO3/c13-10-3-1-4-11(7-10)15-5-2-6-16-12-8-14-9-12/h1,3-4,7,12H,2,5-6,8-9,13H2. The molecule has 1 aliphatic rings. The molecule has 0 saturated carbocycles. The first kappa shape index (κ1) is 11.2. The van der Waals surface area contributed by atoms with Gasteiger partial charge in [0.25, 0.3) is 0 Å². The van der Waals surface area contributed by atoms with Crippen LogP contribution in [0.15, 0.2) is 24.3 Å². The van der Waals surface area contributed by atoms with Crippen LogP contribution in [0.25, 0.3) is 0 Å². The molecule has 1 heterocycles. The molecule has 2 rings (SSSR count). The summed E-state index contributed by atoms with van der Waals surface area (Å²) < 4.78 is 16.0. The van der Waals surface area contributed by atoms with Crippen molar-refractivity contribution in [3.8, 4) is 5.75 Å². The Morgan fingerprint density at radius 1 is 1.31 bits per heavy atom. The van der Waals surface area contributed by atoms with E-state index in [-0.39, 0.29) is 0 Å². The minimum atomic E-state index is 0.298. The van der Waals surface area contributed by atoms with Gasteiger partial charge in [-0.15, -0.1) is 0 Å². The van der Waals surface area contributed by atoms with Crippen molar-refractivity contribution in [2.45, 2.75) is 12.5 Å². The van der Waals surface area contributed by atoms with E-state index in [1.165, 1.54) is 0 Å². The SMILES string of the molecule is Nc1cccc(OCCCOC2COC2)c1. The first-order valence-electron chi connectivity index (χ1n) is 5.52. The highest BCUT2D eigenvalue weighted by Crippen LogP contribution is 2.14. The van der Waals surface area contributed by atoms with E-state index in [2.05, 4.69) is 0 Å². The van der Waals surface area contributed by atoms with E-state index in [4.69, 9.17) is 19.9 Å². The second-order valence-corrected chi connectivity index (χ2v) is 3.80. The predicted octanol–water partition coefficient (Wildman–Crippen LogP) is 1.45. The number of benzene rings is 1. The van der Waals surface area contributed by atoms with Crippen molar-refractivity contribution in [3.05, 3.63) is 24.3 Å². The summed E-state index contributed by atoms with van der Waals surface area (Å²) in [5.41, 5.74) is 6.36. The molecule has 1 saturated heterocycles. The Bertz CT molecular complexity index is 326. The zero-order valence-electron chi connectivity index (χ0n) is 9.22. The van der Waals surface area contributed by atoms with Crippen molar-refractivity contribution in [1.29, 1.82) is 0 Å². The van der Waals surface area contributed by atoms with Crippen LogP contribution < -0.4 is 10.5 Å². The molecule has 88 valence electrons. The molecule has 0 unspecified atom stereocenters. The number of hydrogen-bond acceptors (Lipinski definition) is 4. The Morgan fingerprint density at radius 2 is 2.19 bits per heavy atom. The Labute approximate surface area is 95.3 Å². The van der Waals surface area contributed by atoms with E-state index in [1.54, 1.807) is 0 Å². The quantitative estimate of drug-likeness (QED) is 0.586. The fourth-order valence-electron chi connectivity index (χ4n) is 1.41. The lowest BCUT2D eigenvalue weighted by Gasteiger charge is -2.25. The zero-order valence-corrected chi connectivity index (χ0v) is 9.22. The number of ether oxygens (including phenoxy) is 3. The van der Waals surface area contributed by atoms with Crippen molar-refractivity contribution in [2.24, 2.45) is 0 Å². The lowest BCUT2D eigenvalue weighted by Crippen LogP contribution is -2.36. The van der Waals surface area contributed by atoms with Gasteiger partial charge in [-0.05, 0) is 12.1 Å². The maximum absolute atomic E-state index is 5.64. The van der Waals surface area contributed by atoms with Gasteiger partial charge in [0.1, 0.15) is 11.9 Å². The molecule has 4 heteroatoms. The van der Waals surface area contributed by atoms with Crippen molar-refractivity contribution in [3.63, 3.8) is 0 Å². The van der Waals surface area contributed by atoms with E-state index < -0.39 is 0 Å². The van der Waals surface area contributed by atoms with Gasteiger partial charge in [-0.3, -0.25) is 0 Å². The minimum absolute atomic E-state index is 0.298. The summed E-state index contributed by atoms with van der Waals surface area (Å²) in [4.78, 5) is 0. The summed E-state index contributed by atoms with van der Waals surface area (Å²) >= 11 is 0. The van der Waals surface area contributed by atoms with Crippen LogP contribution in [0.2, 0.25) is 0 Å². The molecule has 0 spiro atoms. The van der Waals surface area contributed by atoms with Crippen LogP contribution >= 0.6 is 0 Å². The monoisotopic (exact) mass is 223 g/mol. The van der Waals surface area contributed by atoms with E-state index >= 15 is 0 Å². The Hall–Kier alpha value is -1.26. The van der Waals surface area contributed by atoms with Crippen LogP contribution in [-0.2, 0) is 9.47 Å². The molecule has 16 heavy (non-hydrogen) atoms. The van der Waals surface area contributed by atoms with Gasteiger partial charge >= 0.3 is 0 Å². The zero-order chi connectivity index (χ0) is 11.2. The summed E-state index contributed by atoms with van der Waals surface area (Å²) in [6.45, 7) is 2.83. The fourth-order valence-corrected chi connectivity index (χ4v) is 1.41. The lowest BCUT2D eigenvalue weighted by atomic mass is 10.3. The molecule has 0 aromatic heterocycles. The molecule has 1 aromatic rings. The van der Waals surface area contributed by atoms with Gasteiger partial charge in [-0.1, -0.05) is 6.07 Å². The Kier molecular flexibility index (Phi) is 4.02. The first-order valence-corrected chi connectivity index (χ1v) is 5.52.